The molecule has 0 bridgehead atoms. The van der Waals surface area contributed by atoms with E-state index in [2.05, 4.69) is 53.8 Å². The van der Waals surface area contributed by atoms with Gasteiger partial charge in [0.1, 0.15) is 0 Å². The predicted molar refractivity (Wildman–Crippen MR) is 86.1 cm³/mol. The number of hydrogen-bond donors (Lipinski definition) is 2. The first-order chi connectivity index (χ1) is 10.2. The maximum atomic E-state index is 10.5. The molecule has 2 nitrogen and oxygen atoms in total. The lowest BCUT2D eigenvalue weighted by atomic mass is 9.94. The lowest BCUT2D eigenvalue weighted by Crippen LogP contribution is -2.46. The van der Waals surface area contributed by atoms with Crippen molar-refractivity contribution in [2.45, 2.75) is 43.9 Å². The Hall–Kier alpha value is -1.64. The Morgan fingerprint density at radius 1 is 1.00 bits per heavy atom. The van der Waals surface area contributed by atoms with Gasteiger partial charge in [-0.15, -0.1) is 0 Å². The van der Waals surface area contributed by atoms with Gasteiger partial charge in [0.2, 0.25) is 0 Å². The van der Waals surface area contributed by atoms with E-state index in [1.807, 2.05) is 19.1 Å². The van der Waals surface area contributed by atoms with Crippen LogP contribution in [0.25, 0.3) is 0 Å². The van der Waals surface area contributed by atoms with E-state index in [1.54, 1.807) is 0 Å². The van der Waals surface area contributed by atoms with E-state index in [0.29, 0.717) is 0 Å². The molecule has 0 aliphatic heterocycles. The third kappa shape index (κ3) is 3.17. The van der Waals surface area contributed by atoms with E-state index in [4.69, 9.17) is 0 Å². The molecule has 2 aromatic rings. The van der Waals surface area contributed by atoms with Gasteiger partial charge < -0.3 is 10.4 Å². The lowest BCUT2D eigenvalue weighted by molar-refractivity contribution is 0.0367. The number of nitrogens with one attached hydrogen (secondary N) is 1. The largest absolute Gasteiger partial charge is 0.389 e. The molecular formula is C19H23NO. The van der Waals surface area contributed by atoms with Gasteiger partial charge in [0.05, 0.1) is 11.6 Å². The molecule has 2 N–H and O–H groups in total. The molecule has 2 atom stereocenters. The quantitative estimate of drug-likeness (QED) is 0.896. The fourth-order valence-electron chi connectivity index (χ4n) is 3.29. The van der Waals surface area contributed by atoms with Crippen LogP contribution < -0.4 is 5.32 Å². The van der Waals surface area contributed by atoms with Crippen LogP contribution in [0.4, 0.5) is 0 Å². The number of rotatable bonds is 4. The Kier molecular flexibility index (Phi) is 4.09. The minimum Gasteiger partial charge on any atom is -0.389 e. The average Bonchev–Trinajstić information content (AvgIpc) is 2.85. The summed E-state index contributed by atoms with van der Waals surface area (Å²) in [7, 11) is 0. The van der Waals surface area contributed by atoms with E-state index in [9.17, 15) is 5.11 Å². The average molecular weight is 281 g/mol. The van der Waals surface area contributed by atoms with Crippen molar-refractivity contribution < 1.29 is 5.11 Å². The maximum Gasteiger partial charge on any atom is 0.0772 e. The zero-order valence-corrected chi connectivity index (χ0v) is 12.5. The summed E-state index contributed by atoms with van der Waals surface area (Å²) in [4.78, 5) is 0. The molecule has 0 heterocycles. The van der Waals surface area contributed by atoms with Gasteiger partial charge in [-0.05, 0) is 37.3 Å². The summed E-state index contributed by atoms with van der Waals surface area (Å²) in [6.07, 6.45) is 2.99. The van der Waals surface area contributed by atoms with E-state index in [-0.39, 0.29) is 12.1 Å². The van der Waals surface area contributed by atoms with Crippen molar-refractivity contribution in [1.29, 1.82) is 0 Å². The summed E-state index contributed by atoms with van der Waals surface area (Å²) in [5.74, 6) is 0. The second kappa shape index (κ2) is 6.00. The SMILES string of the molecule is CC1(O)CCCC1NC(c1ccccc1)c1ccccc1. The molecule has 2 aromatic carbocycles. The van der Waals surface area contributed by atoms with Gasteiger partial charge in [0, 0.05) is 6.04 Å². The zero-order valence-electron chi connectivity index (χ0n) is 12.5. The van der Waals surface area contributed by atoms with Gasteiger partial charge in [0.15, 0.2) is 0 Å². The Balaban J connectivity index is 1.90. The fraction of sp³-hybridized carbons (Fsp3) is 0.368. The number of hydrogen-bond acceptors (Lipinski definition) is 2. The van der Waals surface area contributed by atoms with Gasteiger partial charge in [-0.3, -0.25) is 0 Å². The summed E-state index contributed by atoms with van der Waals surface area (Å²) in [5, 5.41) is 14.2. The molecule has 1 fully saturated rings. The normalized spacial score (nSPS) is 25.4. The molecule has 1 saturated carbocycles. The Bertz CT molecular complexity index is 525. The highest BCUT2D eigenvalue weighted by Gasteiger charge is 2.38. The lowest BCUT2D eigenvalue weighted by Gasteiger charge is -2.31. The third-order valence-corrected chi connectivity index (χ3v) is 4.56. The topological polar surface area (TPSA) is 32.3 Å². The molecule has 0 spiro atoms. The van der Waals surface area contributed by atoms with Crippen molar-refractivity contribution in [3.8, 4) is 0 Å². The molecule has 21 heavy (non-hydrogen) atoms. The summed E-state index contributed by atoms with van der Waals surface area (Å²) in [5.41, 5.74) is 1.87. The molecule has 0 saturated heterocycles. The molecule has 0 amide bonds. The van der Waals surface area contributed by atoms with Gasteiger partial charge >= 0.3 is 0 Å². The van der Waals surface area contributed by atoms with Crippen molar-refractivity contribution in [3.05, 3.63) is 71.8 Å². The standard InChI is InChI=1S/C19H23NO/c1-19(21)14-8-13-17(19)20-18(15-9-4-2-5-10-15)16-11-6-3-7-12-16/h2-7,9-12,17-18,20-21H,8,13-14H2,1H3. The van der Waals surface area contributed by atoms with Gasteiger partial charge in [0.25, 0.3) is 0 Å². The van der Waals surface area contributed by atoms with Crippen LogP contribution in [0.2, 0.25) is 0 Å². The van der Waals surface area contributed by atoms with Crippen molar-refractivity contribution in [1.82, 2.24) is 5.32 Å². The van der Waals surface area contributed by atoms with Gasteiger partial charge in [-0.2, -0.15) is 0 Å². The third-order valence-electron chi connectivity index (χ3n) is 4.56. The van der Waals surface area contributed by atoms with Crippen LogP contribution in [0.5, 0.6) is 0 Å². The van der Waals surface area contributed by atoms with Crippen LogP contribution in [0.1, 0.15) is 43.4 Å². The van der Waals surface area contributed by atoms with E-state index in [1.165, 1.54) is 11.1 Å². The highest BCUT2D eigenvalue weighted by molar-refractivity contribution is 5.32. The smallest absolute Gasteiger partial charge is 0.0772 e. The summed E-state index contributed by atoms with van der Waals surface area (Å²) in [6, 6.07) is 21.2. The first-order valence-corrected chi connectivity index (χ1v) is 7.75. The minimum atomic E-state index is -0.609. The number of benzene rings is 2. The van der Waals surface area contributed by atoms with Crippen LogP contribution in [0, 0.1) is 0 Å². The van der Waals surface area contributed by atoms with Crippen LogP contribution in [0.3, 0.4) is 0 Å². The van der Waals surface area contributed by atoms with Crippen molar-refractivity contribution >= 4 is 0 Å². The summed E-state index contributed by atoms with van der Waals surface area (Å²) >= 11 is 0. The first-order valence-electron chi connectivity index (χ1n) is 7.75. The molecule has 1 aliphatic rings. The molecule has 1 aliphatic carbocycles. The minimum absolute atomic E-state index is 0.127. The highest BCUT2D eigenvalue weighted by atomic mass is 16.3. The zero-order chi connectivity index (χ0) is 14.7. The summed E-state index contributed by atoms with van der Waals surface area (Å²) in [6.45, 7) is 1.95. The van der Waals surface area contributed by atoms with Crippen molar-refractivity contribution in [2.75, 3.05) is 0 Å². The monoisotopic (exact) mass is 281 g/mol. The molecular weight excluding hydrogens is 258 g/mol. The Labute approximate surface area is 126 Å². The van der Waals surface area contributed by atoms with E-state index >= 15 is 0 Å². The van der Waals surface area contributed by atoms with Crippen LogP contribution in [-0.4, -0.2) is 16.7 Å². The second-order valence-corrected chi connectivity index (χ2v) is 6.22. The molecule has 0 radical (unpaired) electrons. The van der Waals surface area contributed by atoms with Crippen molar-refractivity contribution in [3.63, 3.8) is 0 Å². The van der Waals surface area contributed by atoms with Crippen LogP contribution in [-0.2, 0) is 0 Å². The van der Waals surface area contributed by atoms with E-state index < -0.39 is 5.60 Å². The highest BCUT2D eigenvalue weighted by Crippen LogP contribution is 2.33. The molecule has 3 rings (SSSR count). The summed E-state index contributed by atoms with van der Waals surface area (Å²) < 4.78 is 0. The first kappa shape index (κ1) is 14.3. The molecule has 110 valence electrons. The Morgan fingerprint density at radius 3 is 1.95 bits per heavy atom. The molecule has 2 unspecified atom stereocenters. The maximum absolute atomic E-state index is 10.5. The molecule has 0 aromatic heterocycles. The Morgan fingerprint density at radius 2 is 1.52 bits per heavy atom. The van der Waals surface area contributed by atoms with Crippen LogP contribution in [0.15, 0.2) is 60.7 Å². The van der Waals surface area contributed by atoms with Crippen LogP contribution >= 0.6 is 0 Å². The second-order valence-electron chi connectivity index (χ2n) is 6.22. The van der Waals surface area contributed by atoms with Gasteiger partial charge in [-0.25, -0.2) is 0 Å². The van der Waals surface area contributed by atoms with E-state index in [0.717, 1.165) is 19.3 Å². The fourth-order valence-corrected chi connectivity index (χ4v) is 3.29. The van der Waals surface area contributed by atoms with Crippen molar-refractivity contribution in [2.24, 2.45) is 0 Å². The number of aliphatic hydroxyl groups is 1. The molecule has 2 heteroatoms. The predicted octanol–water partition coefficient (Wildman–Crippen LogP) is 3.67. The van der Waals surface area contributed by atoms with Gasteiger partial charge in [-0.1, -0.05) is 60.7 Å².